The van der Waals surface area contributed by atoms with E-state index in [2.05, 4.69) is 152 Å². The molecule has 7 aromatic rings. The Bertz CT molecular complexity index is 2360. The Balaban J connectivity index is 1.43. The number of pyridine rings is 1. The number of aromatic nitrogens is 2. The number of phenols is 1. The second kappa shape index (κ2) is 12.7. The summed E-state index contributed by atoms with van der Waals surface area (Å²) >= 11 is 0. The fraction of sp³-hybridized carbons (Fsp3) is 0.234. The van der Waals surface area contributed by atoms with Crippen molar-refractivity contribution in [1.29, 1.82) is 0 Å². The lowest BCUT2D eigenvalue weighted by Gasteiger charge is -2.27. The molecular formula is C47H46N2O2. The maximum absolute atomic E-state index is 11.7. The van der Waals surface area contributed by atoms with E-state index in [4.69, 9.17) is 14.4 Å². The maximum atomic E-state index is 11.7. The van der Waals surface area contributed by atoms with Crippen LogP contribution in [0.25, 0.3) is 56.1 Å². The minimum atomic E-state index is -0.297. The van der Waals surface area contributed by atoms with Gasteiger partial charge >= 0.3 is 0 Å². The zero-order valence-electron chi connectivity index (χ0n) is 30.9. The van der Waals surface area contributed by atoms with Crippen LogP contribution in [0.5, 0.6) is 5.75 Å². The number of fused-ring (bicyclic) bond motifs is 1. The van der Waals surface area contributed by atoms with Gasteiger partial charge < -0.3 is 9.52 Å². The molecule has 0 radical (unpaired) electrons. The van der Waals surface area contributed by atoms with Gasteiger partial charge in [-0.3, -0.25) is 4.98 Å². The molecule has 0 spiro atoms. The lowest BCUT2D eigenvalue weighted by Crippen LogP contribution is -2.19. The summed E-state index contributed by atoms with van der Waals surface area (Å²) < 4.78 is 6.50. The highest BCUT2D eigenvalue weighted by Crippen LogP contribution is 2.44. The molecule has 0 fully saturated rings. The van der Waals surface area contributed by atoms with Crippen LogP contribution in [0.1, 0.15) is 77.6 Å². The third-order valence-electron chi connectivity index (χ3n) is 10.1. The van der Waals surface area contributed by atoms with Crippen LogP contribution in [-0.4, -0.2) is 15.1 Å². The number of aromatic hydroxyl groups is 1. The largest absolute Gasteiger partial charge is 0.507 e. The average molecular weight is 671 g/mol. The van der Waals surface area contributed by atoms with Crippen LogP contribution in [0.15, 0.2) is 132 Å². The predicted molar refractivity (Wildman–Crippen MR) is 211 cm³/mol. The van der Waals surface area contributed by atoms with E-state index in [1.165, 1.54) is 11.1 Å². The van der Waals surface area contributed by atoms with E-state index in [-0.39, 0.29) is 22.0 Å². The van der Waals surface area contributed by atoms with Crippen LogP contribution < -0.4 is 0 Å². The Labute approximate surface area is 301 Å². The first kappa shape index (κ1) is 34.0. The van der Waals surface area contributed by atoms with Crippen molar-refractivity contribution in [2.24, 2.45) is 0 Å². The molecule has 0 aliphatic carbocycles. The van der Waals surface area contributed by atoms with Gasteiger partial charge in [-0.1, -0.05) is 140 Å². The molecule has 7 rings (SSSR count). The first-order chi connectivity index (χ1) is 24.2. The smallest absolute Gasteiger partial charge is 0.231 e. The fourth-order valence-electron chi connectivity index (χ4n) is 6.81. The number of para-hydroxylation sites is 1. The minimum Gasteiger partial charge on any atom is -0.507 e. The number of benzene rings is 5. The van der Waals surface area contributed by atoms with E-state index in [9.17, 15) is 5.11 Å². The number of hydrogen-bond acceptors (Lipinski definition) is 4. The van der Waals surface area contributed by atoms with Gasteiger partial charge in [0.05, 0.1) is 11.3 Å². The van der Waals surface area contributed by atoms with E-state index in [0.717, 1.165) is 50.2 Å². The molecule has 2 heterocycles. The molecule has 4 heteroatoms. The van der Waals surface area contributed by atoms with Gasteiger partial charge in [-0.05, 0) is 80.6 Å². The quantitative estimate of drug-likeness (QED) is 0.191. The lowest BCUT2D eigenvalue weighted by molar-refractivity contribution is 0.444. The molecule has 0 aliphatic heterocycles. The van der Waals surface area contributed by atoms with Gasteiger partial charge in [0.2, 0.25) is 5.89 Å². The zero-order valence-corrected chi connectivity index (χ0v) is 30.9. The number of hydrogen-bond donors (Lipinski definition) is 1. The predicted octanol–water partition coefficient (Wildman–Crippen LogP) is 12.5. The molecule has 4 nitrogen and oxygen atoms in total. The summed E-state index contributed by atoms with van der Waals surface area (Å²) in [5.74, 6) is 0.617. The molecule has 51 heavy (non-hydrogen) atoms. The molecule has 0 saturated carbocycles. The van der Waals surface area contributed by atoms with Gasteiger partial charge in [0.15, 0.2) is 5.58 Å². The first-order valence-electron chi connectivity index (χ1n) is 17.7. The first-order valence-corrected chi connectivity index (χ1v) is 17.7. The Kier molecular flexibility index (Phi) is 8.46. The van der Waals surface area contributed by atoms with E-state index in [1.807, 2.05) is 30.5 Å². The normalized spacial score (nSPS) is 12.4. The molecule has 0 aliphatic rings. The molecule has 2 aromatic heterocycles. The summed E-state index contributed by atoms with van der Waals surface area (Å²) in [6.07, 6.45) is 1.89. The van der Waals surface area contributed by atoms with E-state index < -0.39 is 0 Å². The van der Waals surface area contributed by atoms with Crippen LogP contribution in [0.4, 0.5) is 0 Å². The monoisotopic (exact) mass is 670 g/mol. The van der Waals surface area contributed by atoms with Crippen molar-refractivity contribution in [3.8, 4) is 50.7 Å². The van der Waals surface area contributed by atoms with Gasteiger partial charge in [-0.25, -0.2) is 4.98 Å². The van der Waals surface area contributed by atoms with Gasteiger partial charge in [0.25, 0.3) is 0 Å². The van der Waals surface area contributed by atoms with Crippen molar-refractivity contribution < 1.29 is 9.52 Å². The molecule has 0 saturated heterocycles. The summed E-state index contributed by atoms with van der Waals surface area (Å²) in [4.78, 5) is 10.0. The summed E-state index contributed by atoms with van der Waals surface area (Å²) in [6.45, 7) is 17.5. The number of nitrogens with zero attached hydrogens (tertiary/aromatic N) is 2. The second-order valence-corrected chi connectivity index (χ2v) is 16.2. The van der Waals surface area contributed by atoms with Crippen LogP contribution in [0.2, 0.25) is 0 Å². The van der Waals surface area contributed by atoms with Gasteiger partial charge in [0.1, 0.15) is 11.3 Å². The van der Waals surface area contributed by atoms with Crippen LogP contribution in [-0.2, 0) is 16.2 Å². The average Bonchev–Trinajstić information content (AvgIpc) is 3.56. The van der Waals surface area contributed by atoms with Crippen molar-refractivity contribution in [3.63, 3.8) is 0 Å². The SMILES string of the molecule is CC(C)(C)c1cc(-c2nc3c(-c4cc(-c5cc(-c6ccccc6)ccn5)cc(C(C)(C)c5ccccc5)c4)cccc3o2)c(O)c(C(C)(C)C)c1. The molecular weight excluding hydrogens is 625 g/mol. The van der Waals surface area contributed by atoms with Gasteiger partial charge in [-0.15, -0.1) is 0 Å². The summed E-state index contributed by atoms with van der Waals surface area (Å²) in [7, 11) is 0. The Morgan fingerprint density at radius 1 is 0.529 bits per heavy atom. The third kappa shape index (κ3) is 6.59. The number of phenolic OH excluding ortho intramolecular Hbond substituents is 1. The molecule has 0 bridgehead atoms. The Morgan fingerprint density at radius 3 is 1.90 bits per heavy atom. The minimum absolute atomic E-state index is 0.131. The van der Waals surface area contributed by atoms with Crippen molar-refractivity contribution in [2.45, 2.75) is 71.6 Å². The highest BCUT2D eigenvalue weighted by atomic mass is 16.3. The van der Waals surface area contributed by atoms with E-state index in [0.29, 0.717) is 17.0 Å². The molecule has 0 atom stereocenters. The lowest BCUT2D eigenvalue weighted by atomic mass is 9.76. The Morgan fingerprint density at radius 2 is 1.22 bits per heavy atom. The van der Waals surface area contributed by atoms with Crippen molar-refractivity contribution >= 4 is 11.1 Å². The zero-order chi connectivity index (χ0) is 36.1. The Hall–Kier alpha value is -5.48. The van der Waals surface area contributed by atoms with Gasteiger partial charge in [-0.2, -0.15) is 0 Å². The summed E-state index contributed by atoms with van der Waals surface area (Å²) in [5, 5.41) is 11.7. The van der Waals surface area contributed by atoms with Crippen LogP contribution in [0, 0.1) is 0 Å². The third-order valence-corrected chi connectivity index (χ3v) is 10.1. The standard InChI is InChI=1S/C47H46N2O2/c1-45(2,3)35-28-38(43(50)39(29-35)46(4,5)6)44-49-42-37(20-15-21-41(42)51-44)32-24-33(26-36(25-32)47(7,8)34-18-13-10-14-19-34)40-27-31(22-23-48-40)30-16-11-9-12-17-30/h9-29,50H,1-8H3. The highest BCUT2D eigenvalue weighted by Gasteiger charge is 2.28. The molecule has 1 N–H and O–H groups in total. The molecule has 0 unspecified atom stereocenters. The van der Waals surface area contributed by atoms with Crippen LogP contribution in [0.3, 0.4) is 0 Å². The van der Waals surface area contributed by atoms with Crippen molar-refractivity contribution in [2.75, 3.05) is 0 Å². The molecule has 5 aromatic carbocycles. The fourth-order valence-corrected chi connectivity index (χ4v) is 6.81. The highest BCUT2D eigenvalue weighted by molar-refractivity contribution is 5.94. The van der Waals surface area contributed by atoms with Crippen molar-refractivity contribution in [1.82, 2.24) is 9.97 Å². The topological polar surface area (TPSA) is 59.2 Å². The van der Waals surface area contributed by atoms with E-state index in [1.54, 1.807) is 0 Å². The summed E-state index contributed by atoms with van der Waals surface area (Å²) in [5.41, 5.74) is 11.9. The summed E-state index contributed by atoms with van der Waals surface area (Å²) in [6, 6.07) is 42.2. The molecule has 256 valence electrons. The second-order valence-electron chi connectivity index (χ2n) is 16.2. The van der Waals surface area contributed by atoms with Crippen molar-refractivity contribution in [3.05, 3.63) is 150 Å². The molecule has 0 amide bonds. The number of rotatable bonds is 6. The van der Waals surface area contributed by atoms with E-state index >= 15 is 0 Å². The van der Waals surface area contributed by atoms with Crippen LogP contribution >= 0.6 is 0 Å². The van der Waals surface area contributed by atoms with Gasteiger partial charge in [0, 0.05) is 28.3 Å². The number of oxazole rings is 1. The maximum Gasteiger partial charge on any atom is 0.231 e.